The van der Waals surface area contributed by atoms with Crippen molar-refractivity contribution in [3.8, 4) is 0 Å². The van der Waals surface area contributed by atoms with E-state index in [2.05, 4.69) is 5.32 Å². The van der Waals surface area contributed by atoms with Gasteiger partial charge in [0.05, 0.1) is 10.6 Å². The van der Waals surface area contributed by atoms with Gasteiger partial charge < -0.3 is 10.2 Å². The first kappa shape index (κ1) is 34.0. The minimum atomic E-state index is -4.29. The lowest BCUT2D eigenvalue weighted by atomic mass is 10.0. The Morgan fingerprint density at radius 1 is 0.889 bits per heavy atom. The van der Waals surface area contributed by atoms with E-state index in [4.69, 9.17) is 23.2 Å². The van der Waals surface area contributed by atoms with Gasteiger partial charge in [-0.15, -0.1) is 0 Å². The molecule has 2 amide bonds. The summed E-state index contributed by atoms with van der Waals surface area (Å²) in [7, 11) is -4.29. The van der Waals surface area contributed by atoms with E-state index >= 15 is 0 Å². The number of nitrogens with one attached hydrogen (secondary N) is 1. The van der Waals surface area contributed by atoms with Crippen LogP contribution in [0, 0.1) is 5.82 Å². The van der Waals surface area contributed by atoms with E-state index in [1.54, 1.807) is 36.4 Å². The van der Waals surface area contributed by atoms with E-state index in [9.17, 15) is 22.4 Å². The number of nitrogens with zero attached hydrogens (tertiary/aromatic N) is 2. The van der Waals surface area contributed by atoms with Crippen LogP contribution in [-0.4, -0.2) is 44.3 Å². The van der Waals surface area contributed by atoms with Crippen LogP contribution in [-0.2, 0) is 32.6 Å². The number of amides is 2. The second-order valence-corrected chi connectivity index (χ2v) is 13.1. The summed E-state index contributed by atoms with van der Waals surface area (Å²) in [5.41, 5.74) is 1.42. The fourth-order valence-corrected chi connectivity index (χ4v) is 6.65. The molecule has 0 unspecified atom stereocenters. The van der Waals surface area contributed by atoms with Crippen LogP contribution >= 0.6 is 23.2 Å². The van der Waals surface area contributed by atoms with Gasteiger partial charge in [-0.1, -0.05) is 91.1 Å². The number of carbonyl (C=O) groups is 2. The summed E-state index contributed by atoms with van der Waals surface area (Å²) in [5, 5.41) is 3.62. The number of carbonyl (C=O) groups excluding carboxylic acids is 2. The van der Waals surface area contributed by atoms with Crippen LogP contribution in [0.2, 0.25) is 10.0 Å². The predicted octanol–water partition coefficient (Wildman–Crippen LogP) is 6.88. The first-order valence-electron chi connectivity index (χ1n) is 14.5. The van der Waals surface area contributed by atoms with E-state index in [0.717, 1.165) is 34.8 Å². The molecule has 0 aliphatic heterocycles. The maximum Gasteiger partial charge on any atom is 0.264 e. The van der Waals surface area contributed by atoms with Crippen molar-refractivity contribution in [3.05, 3.63) is 130 Å². The first-order chi connectivity index (χ1) is 21.6. The van der Waals surface area contributed by atoms with Crippen molar-refractivity contribution in [3.63, 3.8) is 0 Å². The third-order valence-electron chi connectivity index (χ3n) is 7.18. The topological polar surface area (TPSA) is 86.8 Å². The molecule has 236 valence electrons. The third kappa shape index (κ3) is 9.06. The van der Waals surface area contributed by atoms with Gasteiger partial charge in [-0.3, -0.25) is 13.9 Å². The van der Waals surface area contributed by atoms with Gasteiger partial charge in [-0.05, 0) is 66.1 Å². The molecular weight excluding hydrogens is 636 g/mol. The summed E-state index contributed by atoms with van der Waals surface area (Å²) >= 11 is 12.7. The lowest BCUT2D eigenvalue weighted by Crippen LogP contribution is -2.53. The molecule has 1 atom stereocenters. The number of rotatable bonds is 14. The van der Waals surface area contributed by atoms with Crippen molar-refractivity contribution in [1.82, 2.24) is 10.2 Å². The molecule has 0 spiro atoms. The Labute approximate surface area is 273 Å². The lowest BCUT2D eigenvalue weighted by molar-refractivity contribution is -0.140. The molecule has 0 radical (unpaired) electrons. The van der Waals surface area contributed by atoms with Crippen molar-refractivity contribution in [2.24, 2.45) is 0 Å². The third-order valence-corrected chi connectivity index (χ3v) is 9.56. The molecular formula is C34H34Cl2FN3O4S. The highest BCUT2D eigenvalue weighted by molar-refractivity contribution is 7.92. The van der Waals surface area contributed by atoms with Crippen molar-refractivity contribution in [1.29, 1.82) is 0 Å². The minimum Gasteiger partial charge on any atom is -0.354 e. The SMILES string of the molecule is CCCCNC(=O)[C@H](Cc1ccccc1)N(Cc1ccc(Cl)cc1Cl)C(=O)CN(c1ccc(F)cc1)S(=O)(=O)c1ccccc1. The molecule has 0 heterocycles. The Kier molecular flexibility index (Phi) is 12.0. The highest BCUT2D eigenvalue weighted by Crippen LogP contribution is 2.27. The van der Waals surface area contributed by atoms with E-state index in [1.165, 1.54) is 29.2 Å². The molecule has 11 heteroatoms. The zero-order valence-corrected chi connectivity index (χ0v) is 27.0. The van der Waals surface area contributed by atoms with E-state index in [-0.39, 0.29) is 34.5 Å². The average Bonchev–Trinajstić information content (AvgIpc) is 3.03. The van der Waals surface area contributed by atoms with E-state index < -0.39 is 34.3 Å². The summed E-state index contributed by atoms with van der Waals surface area (Å²) in [6.45, 7) is 1.65. The summed E-state index contributed by atoms with van der Waals surface area (Å²) in [4.78, 5) is 29.5. The Hall–Kier alpha value is -3.92. The second kappa shape index (κ2) is 15.9. The standard InChI is InChI=1S/C34H34Cl2FN3O4S/c1-2-3-20-38-34(42)32(21-25-10-6-4-7-11-25)39(23-26-14-15-27(35)22-31(26)36)33(41)24-40(29-18-16-28(37)17-19-29)45(43,44)30-12-8-5-9-13-30/h4-19,22,32H,2-3,20-21,23-24H2,1H3,(H,38,42)/t32-/m0/s1. The monoisotopic (exact) mass is 669 g/mol. The molecule has 45 heavy (non-hydrogen) atoms. The van der Waals surface area contributed by atoms with Crippen molar-refractivity contribution in [2.45, 2.75) is 43.7 Å². The molecule has 0 saturated heterocycles. The number of anilines is 1. The Balaban J connectivity index is 1.80. The lowest BCUT2D eigenvalue weighted by Gasteiger charge is -2.34. The highest BCUT2D eigenvalue weighted by atomic mass is 35.5. The number of sulfonamides is 1. The maximum absolute atomic E-state index is 14.4. The molecule has 0 fully saturated rings. The van der Waals surface area contributed by atoms with Crippen LogP contribution in [0.25, 0.3) is 0 Å². The Morgan fingerprint density at radius 2 is 1.53 bits per heavy atom. The van der Waals surface area contributed by atoms with Gasteiger partial charge in [-0.2, -0.15) is 0 Å². The fourth-order valence-electron chi connectivity index (χ4n) is 4.75. The summed E-state index contributed by atoms with van der Waals surface area (Å²) < 4.78 is 42.7. The number of hydrogen-bond acceptors (Lipinski definition) is 4. The van der Waals surface area contributed by atoms with Gasteiger partial charge in [0.1, 0.15) is 18.4 Å². The molecule has 4 aromatic carbocycles. The largest absolute Gasteiger partial charge is 0.354 e. The smallest absolute Gasteiger partial charge is 0.264 e. The van der Waals surface area contributed by atoms with Crippen LogP contribution in [0.3, 0.4) is 0 Å². The normalized spacial score (nSPS) is 11.9. The van der Waals surface area contributed by atoms with Gasteiger partial charge in [0.15, 0.2) is 0 Å². The summed E-state index contributed by atoms with van der Waals surface area (Å²) in [6.07, 6.45) is 1.77. The molecule has 0 bridgehead atoms. The van der Waals surface area contributed by atoms with Crippen molar-refractivity contribution < 1.29 is 22.4 Å². The molecule has 0 saturated carbocycles. The van der Waals surface area contributed by atoms with Crippen LogP contribution in [0.1, 0.15) is 30.9 Å². The molecule has 1 N–H and O–H groups in total. The Bertz CT molecular complexity index is 1690. The quantitative estimate of drug-likeness (QED) is 0.148. The van der Waals surface area contributed by atoms with Crippen LogP contribution in [0.15, 0.2) is 108 Å². The van der Waals surface area contributed by atoms with Gasteiger partial charge >= 0.3 is 0 Å². The molecule has 0 aliphatic rings. The average molecular weight is 671 g/mol. The number of hydrogen-bond donors (Lipinski definition) is 1. The van der Waals surface area contributed by atoms with Crippen LogP contribution in [0.4, 0.5) is 10.1 Å². The molecule has 7 nitrogen and oxygen atoms in total. The number of halogens is 3. The summed E-state index contributed by atoms with van der Waals surface area (Å²) in [6, 6.07) is 25.6. The zero-order chi connectivity index (χ0) is 32.4. The molecule has 0 aromatic heterocycles. The number of benzene rings is 4. The predicted molar refractivity (Wildman–Crippen MR) is 176 cm³/mol. The van der Waals surface area contributed by atoms with Gasteiger partial charge in [-0.25, -0.2) is 12.8 Å². The second-order valence-electron chi connectivity index (χ2n) is 10.4. The number of unbranched alkanes of at least 4 members (excludes halogenated alkanes) is 1. The zero-order valence-electron chi connectivity index (χ0n) is 24.7. The molecule has 4 aromatic rings. The van der Waals surface area contributed by atoms with Gasteiger partial charge in [0.25, 0.3) is 10.0 Å². The van der Waals surface area contributed by atoms with Gasteiger partial charge in [0, 0.05) is 29.6 Å². The summed E-state index contributed by atoms with van der Waals surface area (Å²) in [5.74, 6) is -1.60. The molecule has 4 rings (SSSR count). The van der Waals surface area contributed by atoms with Gasteiger partial charge in [0.2, 0.25) is 11.8 Å². The fraction of sp³-hybridized carbons (Fsp3) is 0.235. The van der Waals surface area contributed by atoms with Crippen LogP contribution in [0.5, 0.6) is 0 Å². The Morgan fingerprint density at radius 3 is 2.16 bits per heavy atom. The highest BCUT2D eigenvalue weighted by Gasteiger charge is 2.34. The minimum absolute atomic E-state index is 0.0486. The maximum atomic E-state index is 14.4. The molecule has 0 aliphatic carbocycles. The van der Waals surface area contributed by atoms with Crippen molar-refractivity contribution >= 4 is 50.7 Å². The van der Waals surface area contributed by atoms with Crippen molar-refractivity contribution in [2.75, 3.05) is 17.4 Å². The first-order valence-corrected chi connectivity index (χ1v) is 16.7. The van der Waals surface area contributed by atoms with E-state index in [1.807, 2.05) is 37.3 Å². The van der Waals surface area contributed by atoms with E-state index in [0.29, 0.717) is 17.1 Å². The van der Waals surface area contributed by atoms with Crippen LogP contribution < -0.4 is 9.62 Å².